The number of amides is 1. The van der Waals surface area contributed by atoms with Gasteiger partial charge < -0.3 is 15.5 Å². The van der Waals surface area contributed by atoms with Crippen molar-refractivity contribution in [2.24, 2.45) is 4.99 Å². The zero-order valence-corrected chi connectivity index (χ0v) is 18.3. The Kier molecular flexibility index (Phi) is 10.1. The van der Waals surface area contributed by atoms with Gasteiger partial charge in [-0.3, -0.25) is 9.79 Å². The van der Waals surface area contributed by atoms with E-state index in [1.165, 1.54) is 12.1 Å². The maximum absolute atomic E-state index is 13.0. The van der Waals surface area contributed by atoms with E-state index in [0.29, 0.717) is 36.2 Å². The lowest BCUT2D eigenvalue weighted by Crippen LogP contribution is -2.42. The van der Waals surface area contributed by atoms with Crippen molar-refractivity contribution in [3.05, 3.63) is 70.5 Å². The number of nitrogens with zero attached hydrogens (tertiary/aromatic N) is 2. The van der Waals surface area contributed by atoms with Gasteiger partial charge in [0.15, 0.2) is 5.96 Å². The van der Waals surface area contributed by atoms with Gasteiger partial charge in [0.05, 0.1) is 0 Å². The molecule has 146 valence electrons. The van der Waals surface area contributed by atoms with Crippen molar-refractivity contribution in [3.8, 4) is 0 Å². The SMILES string of the molecule is CN=C(NCCNC(=O)c1ccc(Cl)cc1)N(C)Cc1ccc(F)cc1.I. The monoisotopic (exact) mass is 504 g/mol. The van der Waals surface area contributed by atoms with Crippen LogP contribution in [0.1, 0.15) is 15.9 Å². The number of hydrogen-bond acceptors (Lipinski definition) is 2. The highest BCUT2D eigenvalue weighted by Crippen LogP contribution is 2.09. The topological polar surface area (TPSA) is 56.7 Å². The Morgan fingerprint density at radius 2 is 1.67 bits per heavy atom. The summed E-state index contributed by atoms with van der Waals surface area (Å²) in [4.78, 5) is 18.2. The van der Waals surface area contributed by atoms with Crippen molar-refractivity contribution in [1.29, 1.82) is 0 Å². The third kappa shape index (κ3) is 7.72. The summed E-state index contributed by atoms with van der Waals surface area (Å²) < 4.78 is 13.0. The molecule has 0 aromatic heterocycles. The van der Waals surface area contributed by atoms with Gasteiger partial charge >= 0.3 is 0 Å². The molecule has 0 unspecified atom stereocenters. The van der Waals surface area contributed by atoms with Crippen molar-refractivity contribution < 1.29 is 9.18 Å². The Labute approximate surface area is 181 Å². The summed E-state index contributed by atoms with van der Waals surface area (Å²) in [7, 11) is 3.58. The Hall–Kier alpha value is -1.87. The van der Waals surface area contributed by atoms with Crippen molar-refractivity contribution in [3.63, 3.8) is 0 Å². The van der Waals surface area contributed by atoms with Crippen LogP contribution in [0.5, 0.6) is 0 Å². The van der Waals surface area contributed by atoms with Gasteiger partial charge in [0, 0.05) is 44.3 Å². The van der Waals surface area contributed by atoms with Gasteiger partial charge in [-0.25, -0.2) is 4.39 Å². The second-order valence-electron chi connectivity index (χ2n) is 5.72. The number of carbonyl (C=O) groups is 1. The van der Waals surface area contributed by atoms with Gasteiger partial charge in [-0.15, -0.1) is 24.0 Å². The average Bonchev–Trinajstić information content (AvgIpc) is 2.64. The molecule has 8 heteroatoms. The third-order valence-electron chi connectivity index (χ3n) is 3.71. The molecule has 2 aromatic rings. The standard InChI is InChI=1S/C19H22ClFN4O.HI/c1-22-19(25(2)13-14-3-9-17(21)10-4-14)24-12-11-23-18(26)15-5-7-16(20)8-6-15;/h3-10H,11-13H2,1-2H3,(H,22,24)(H,23,26);1H. The number of hydrogen-bond donors (Lipinski definition) is 2. The quantitative estimate of drug-likeness (QED) is 0.274. The molecule has 2 rings (SSSR count). The predicted molar refractivity (Wildman–Crippen MR) is 118 cm³/mol. The zero-order valence-electron chi connectivity index (χ0n) is 15.2. The fraction of sp³-hybridized carbons (Fsp3) is 0.263. The second kappa shape index (κ2) is 11.8. The van der Waals surface area contributed by atoms with Crippen LogP contribution < -0.4 is 10.6 Å². The molecule has 0 atom stereocenters. The first-order valence-electron chi connectivity index (χ1n) is 8.19. The van der Waals surface area contributed by atoms with Crippen LogP contribution in [-0.4, -0.2) is 44.0 Å². The van der Waals surface area contributed by atoms with Crippen molar-refractivity contribution in [2.75, 3.05) is 27.2 Å². The second-order valence-corrected chi connectivity index (χ2v) is 6.16. The van der Waals surface area contributed by atoms with E-state index in [1.54, 1.807) is 43.4 Å². The smallest absolute Gasteiger partial charge is 0.251 e. The molecule has 0 bridgehead atoms. The first kappa shape index (κ1) is 23.2. The molecule has 27 heavy (non-hydrogen) atoms. The fourth-order valence-electron chi connectivity index (χ4n) is 2.38. The Morgan fingerprint density at radius 3 is 2.26 bits per heavy atom. The molecule has 0 heterocycles. The van der Waals surface area contributed by atoms with Crippen LogP contribution in [0, 0.1) is 5.82 Å². The molecular weight excluding hydrogens is 482 g/mol. The number of guanidine groups is 1. The molecular formula is C19H23ClFIN4O. The average molecular weight is 505 g/mol. The van der Waals surface area contributed by atoms with E-state index in [9.17, 15) is 9.18 Å². The van der Waals surface area contributed by atoms with Gasteiger partial charge in [-0.1, -0.05) is 23.7 Å². The third-order valence-corrected chi connectivity index (χ3v) is 3.96. The van der Waals surface area contributed by atoms with Crippen LogP contribution in [0.3, 0.4) is 0 Å². The van der Waals surface area contributed by atoms with Crippen LogP contribution in [0.2, 0.25) is 5.02 Å². The molecule has 2 aromatic carbocycles. The highest BCUT2D eigenvalue weighted by atomic mass is 127. The van der Waals surface area contributed by atoms with E-state index < -0.39 is 0 Å². The summed E-state index contributed by atoms with van der Waals surface area (Å²) in [5.74, 6) is 0.281. The molecule has 0 aliphatic heterocycles. The zero-order chi connectivity index (χ0) is 18.9. The first-order valence-corrected chi connectivity index (χ1v) is 8.57. The summed E-state index contributed by atoms with van der Waals surface area (Å²) in [6, 6.07) is 13.1. The Bertz CT molecular complexity index is 753. The molecule has 0 aliphatic rings. The summed E-state index contributed by atoms with van der Waals surface area (Å²) in [5.41, 5.74) is 1.54. The largest absolute Gasteiger partial charge is 0.354 e. The van der Waals surface area contributed by atoms with E-state index in [4.69, 9.17) is 11.6 Å². The minimum absolute atomic E-state index is 0. The van der Waals surface area contributed by atoms with E-state index in [-0.39, 0.29) is 35.7 Å². The number of nitrogens with one attached hydrogen (secondary N) is 2. The molecule has 0 fully saturated rings. The van der Waals surface area contributed by atoms with Gasteiger partial charge in [-0.2, -0.15) is 0 Å². The van der Waals surface area contributed by atoms with Crippen LogP contribution in [0.4, 0.5) is 4.39 Å². The summed E-state index contributed by atoms with van der Waals surface area (Å²) in [6.45, 7) is 1.57. The summed E-state index contributed by atoms with van der Waals surface area (Å²) in [6.07, 6.45) is 0. The fourth-order valence-corrected chi connectivity index (χ4v) is 2.50. The molecule has 0 saturated carbocycles. The lowest BCUT2D eigenvalue weighted by Gasteiger charge is -2.22. The van der Waals surface area contributed by atoms with E-state index in [2.05, 4.69) is 15.6 Å². The summed E-state index contributed by atoms with van der Waals surface area (Å²) in [5, 5.41) is 6.61. The van der Waals surface area contributed by atoms with E-state index in [0.717, 1.165) is 5.56 Å². The minimum atomic E-state index is -0.254. The van der Waals surface area contributed by atoms with E-state index in [1.807, 2.05) is 11.9 Å². The lowest BCUT2D eigenvalue weighted by atomic mass is 10.2. The predicted octanol–water partition coefficient (Wildman–Crippen LogP) is 3.53. The molecule has 5 nitrogen and oxygen atoms in total. The highest BCUT2D eigenvalue weighted by Gasteiger charge is 2.08. The van der Waals surface area contributed by atoms with Crippen LogP contribution >= 0.6 is 35.6 Å². The highest BCUT2D eigenvalue weighted by molar-refractivity contribution is 14.0. The van der Waals surface area contributed by atoms with Gasteiger partial charge in [0.1, 0.15) is 5.82 Å². The molecule has 0 spiro atoms. The molecule has 0 aliphatic carbocycles. The molecule has 2 N–H and O–H groups in total. The van der Waals surface area contributed by atoms with Crippen LogP contribution in [-0.2, 0) is 6.54 Å². The normalized spacial score (nSPS) is 10.7. The van der Waals surface area contributed by atoms with E-state index >= 15 is 0 Å². The first-order chi connectivity index (χ1) is 12.5. The number of benzene rings is 2. The Morgan fingerprint density at radius 1 is 1.07 bits per heavy atom. The summed E-state index contributed by atoms with van der Waals surface area (Å²) >= 11 is 5.81. The molecule has 0 radical (unpaired) electrons. The minimum Gasteiger partial charge on any atom is -0.354 e. The van der Waals surface area contributed by atoms with Crippen molar-refractivity contribution in [1.82, 2.24) is 15.5 Å². The number of rotatable bonds is 6. The van der Waals surface area contributed by atoms with Gasteiger partial charge in [-0.05, 0) is 42.0 Å². The van der Waals surface area contributed by atoms with Crippen LogP contribution in [0.25, 0.3) is 0 Å². The molecule has 1 amide bonds. The number of carbonyl (C=O) groups excluding carboxylic acids is 1. The Balaban J connectivity index is 0.00000364. The van der Waals surface area contributed by atoms with Gasteiger partial charge in [0.25, 0.3) is 5.91 Å². The maximum Gasteiger partial charge on any atom is 0.251 e. The lowest BCUT2D eigenvalue weighted by molar-refractivity contribution is 0.0954. The van der Waals surface area contributed by atoms with Crippen molar-refractivity contribution >= 4 is 47.4 Å². The number of aliphatic imine (C=N–C) groups is 1. The van der Waals surface area contributed by atoms with Crippen molar-refractivity contribution in [2.45, 2.75) is 6.54 Å². The van der Waals surface area contributed by atoms with Gasteiger partial charge in [0.2, 0.25) is 0 Å². The molecule has 0 saturated heterocycles. The number of halogens is 3. The maximum atomic E-state index is 13.0. The van der Waals surface area contributed by atoms with Crippen LogP contribution in [0.15, 0.2) is 53.5 Å².